The van der Waals surface area contributed by atoms with Crippen LogP contribution in [0, 0.1) is 6.92 Å². The lowest BCUT2D eigenvalue weighted by molar-refractivity contribution is 0.0988. The summed E-state index contributed by atoms with van der Waals surface area (Å²) >= 11 is 0. The lowest BCUT2D eigenvalue weighted by Crippen LogP contribution is -2.35. The van der Waals surface area contributed by atoms with Gasteiger partial charge in [-0.15, -0.1) is 0 Å². The van der Waals surface area contributed by atoms with Crippen LogP contribution in [0.4, 0.5) is 5.69 Å². The maximum Gasteiger partial charge on any atom is 0.261 e. The summed E-state index contributed by atoms with van der Waals surface area (Å²) in [5.74, 6) is -0.116. The van der Waals surface area contributed by atoms with E-state index in [0.29, 0.717) is 36.5 Å². The smallest absolute Gasteiger partial charge is 0.261 e. The first kappa shape index (κ1) is 20.9. The third kappa shape index (κ3) is 3.53. The molecule has 0 saturated carbocycles. The van der Waals surface area contributed by atoms with Crippen molar-refractivity contribution in [3.05, 3.63) is 71.5 Å². The minimum Gasteiger partial charge on any atom is -0.308 e. The molecule has 7 nitrogen and oxygen atoms in total. The number of anilines is 1. The highest BCUT2D eigenvalue weighted by Gasteiger charge is 2.31. The van der Waals surface area contributed by atoms with Gasteiger partial charge in [-0.25, -0.2) is 13.1 Å². The number of rotatable bonds is 4. The number of hydrogen-bond donors (Lipinski definition) is 0. The Morgan fingerprint density at radius 2 is 1.72 bits per heavy atom. The van der Waals surface area contributed by atoms with Crippen molar-refractivity contribution < 1.29 is 13.2 Å². The Kier molecular flexibility index (Phi) is 5.35. The van der Waals surface area contributed by atoms with E-state index in [4.69, 9.17) is 0 Å². The highest BCUT2D eigenvalue weighted by Crippen LogP contribution is 2.33. The average Bonchev–Trinajstić information content (AvgIpc) is 3.43. The molecule has 8 heteroatoms. The molecule has 0 N–H and O–H groups in total. The van der Waals surface area contributed by atoms with Crippen molar-refractivity contribution >= 4 is 21.6 Å². The van der Waals surface area contributed by atoms with Crippen LogP contribution in [0.3, 0.4) is 0 Å². The molecule has 1 aromatic heterocycles. The predicted molar refractivity (Wildman–Crippen MR) is 123 cm³/mol. The highest BCUT2D eigenvalue weighted by atomic mass is 32.2. The molecule has 3 aromatic rings. The minimum atomic E-state index is -3.49. The molecule has 166 valence electrons. The normalized spacial score (nSPS) is 16.8. The summed E-state index contributed by atoms with van der Waals surface area (Å²) in [7, 11) is -3.49. The Bertz CT molecular complexity index is 1260. The number of carbonyl (C=O) groups is 1. The number of benzene rings is 2. The fourth-order valence-corrected chi connectivity index (χ4v) is 6.17. The van der Waals surface area contributed by atoms with E-state index in [-0.39, 0.29) is 5.91 Å². The number of piperidine rings is 1. The molecule has 2 aliphatic rings. The van der Waals surface area contributed by atoms with Crippen LogP contribution in [0.1, 0.15) is 40.9 Å². The second-order valence-electron chi connectivity index (χ2n) is 8.35. The molecule has 0 spiro atoms. The molecule has 0 atom stereocenters. The van der Waals surface area contributed by atoms with Gasteiger partial charge in [0.2, 0.25) is 10.0 Å². The van der Waals surface area contributed by atoms with E-state index in [0.717, 1.165) is 41.9 Å². The Balaban J connectivity index is 1.42. The molecule has 0 unspecified atom stereocenters. The van der Waals surface area contributed by atoms with Crippen LogP contribution in [-0.4, -0.2) is 48.0 Å². The molecule has 0 radical (unpaired) electrons. The van der Waals surface area contributed by atoms with Crippen molar-refractivity contribution in [3.8, 4) is 5.69 Å². The van der Waals surface area contributed by atoms with Crippen LogP contribution in [-0.2, 0) is 16.4 Å². The zero-order valence-electron chi connectivity index (χ0n) is 18.1. The van der Waals surface area contributed by atoms with E-state index in [1.165, 1.54) is 0 Å². The lowest BCUT2D eigenvalue weighted by atomic mass is 10.1. The Labute approximate surface area is 188 Å². The van der Waals surface area contributed by atoms with E-state index < -0.39 is 10.0 Å². The van der Waals surface area contributed by atoms with Gasteiger partial charge in [0.05, 0.1) is 28.0 Å². The zero-order chi connectivity index (χ0) is 22.3. The molecule has 0 aliphatic carbocycles. The minimum absolute atomic E-state index is 0.116. The van der Waals surface area contributed by atoms with Crippen molar-refractivity contribution in [1.82, 2.24) is 14.1 Å². The van der Waals surface area contributed by atoms with E-state index in [1.807, 2.05) is 37.3 Å². The molecule has 1 saturated heterocycles. The number of sulfonamides is 1. The Hall–Kier alpha value is -2.97. The number of aromatic nitrogens is 2. The molecule has 2 aliphatic heterocycles. The van der Waals surface area contributed by atoms with Crippen molar-refractivity contribution in [3.63, 3.8) is 0 Å². The maximum absolute atomic E-state index is 13.4. The molecule has 2 aromatic carbocycles. The second-order valence-corrected chi connectivity index (χ2v) is 10.3. The highest BCUT2D eigenvalue weighted by molar-refractivity contribution is 7.89. The van der Waals surface area contributed by atoms with E-state index in [9.17, 15) is 13.2 Å². The summed E-state index contributed by atoms with van der Waals surface area (Å²) in [4.78, 5) is 15.4. The van der Waals surface area contributed by atoms with Gasteiger partial charge in [0.1, 0.15) is 0 Å². The third-order valence-electron chi connectivity index (χ3n) is 6.39. The fourth-order valence-electron chi connectivity index (χ4n) is 4.60. The van der Waals surface area contributed by atoms with Gasteiger partial charge >= 0.3 is 0 Å². The number of fused-ring (bicyclic) bond motifs is 1. The summed E-state index contributed by atoms with van der Waals surface area (Å²) in [6.45, 7) is 3.57. The summed E-state index contributed by atoms with van der Waals surface area (Å²) in [6, 6.07) is 14.9. The standard InChI is InChI=1S/C24H26N4O3S/c1-18-22(17-25-28(18)20-8-4-2-5-9-20)24(29)27-15-12-19-16-21(10-11-23(19)27)32(30,31)26-13-6-3-7-14-26/h2,4-5,8-11,16-17H,3,6-7,12-15H2,1H3. The van der Waals surface area contributed by atoms with Crippen LogP contribution in [0.15, 0.2) is 59.6 Å². The van der Waals surface area contributed by atoms with Gasteiger partial charge in [0.25, 0.3) is 5.91 Å². The van der Waals surface area contributed by atoms with Crippen LogP contribution in [0.2, 0.25) is 0 Å². The quantitative estimate of drug-likeness (QED) is 0.609. The van der Waals surface area contributed by atoms with Gasteiger partial charge < -0.3 is 4.90 Å². The van der Waals surface area contributed by atoms with Gasteiger partial charge in [-0.3, -0.25) is 4.79 Å². The van der Waals surface area contributed by atoms with E-state index >= 15 is 0 Å². The van der Waals surface area contributed by atoms with Gasteiger partial charge in [-0.2, -0.15) is 9.40 Å². The molecule has 32 heavy (non-hydrogen) atoms. The van der Waals surface area contributed by atoms with E-state index in [1.54, 1.807) is 38.3 Å². The van der Waals surface area contributed by atoms with Crippen LogP contribution in [0.5, 0.6) is 0 Å². The molecule has 1 amide bonds. The molecule has 1 fully saturated rings. The summed E-state index contributed by atoms with van der Waals surface area (Å²) in [5.41, 5.74) is 3.90. The molecule has 5 rings (SSSR count). The van der Waals surface area contributed by atoms with Crippen molar-refractivity contribution in [1.29, 1.82) is 0 Å². The Morgan fingerprint density at radius 3 is 2.47 bits per heavy atom. The van der Waals surface area contributed by atoms with Gasteiger partial charge in [0.15, 0.2) is 0 Å². The number of carbonyl (C=O) groups excluding carboxylic acids is 1. The van der Waals surface area contributed by atoms with Gasteiger partial charge in [-0.1, -0.05) is 24.6 Å². The fraction of sp³-hybridized carbons (Fsp3) is 0.333. The zero-order valence-corrected chi connectivity index (χ0v) is 18.9. The number of amides is 1. The lowest BCUT2D eigenvalue weighted by Gasteiger charge is -2.26. The summed E-state index contributed by atoms with van der Waals surface area (Å²) in [5, 5.41) is 4.42. The molecule has 3 heterocycles. The van der Waals surface area contributed by atoms with Gasteiger partial charge in [-0.05, 0) is 62.1 Å². The van der Waals surface area contributed by atoms with Crippen LogP contribution in [0.25, 0.3) is 5.69 Å². The SMILES string of the molecule is Cc1c(C(=O)N2CCc3cc(S(=O)(=O)N4CCCCC4)ccc32)cnn1-c1ccccc1. The monoisotopic (exact) mass is 450 g/mol. The number of para-hydroxylation sites is 1. The van der Waals surface area contributed by atoms with Crippen molar-refractivity contribution in [2.24, 2.45) is 0 Å². The first-order chi connectivity index (χ1) is 15.5. The predicted octanol–water partition coefficient (Wildman–Crippen LogP) is 3.56. The van der Waals surface area contributed by atoms with Crippen molar-refractivity contribution in [2.45, 2.75) is 37.5 Å². The van der Waals surface area contributed by atoms with Crippen LogP contribution < -0.4 is 4.90 Å². The average molecular weight is 451 g/mol. The number of hydrogen-bond acceptors (Lipinski definition) is 4. The largest absolute Gasteiger partial charge is 0.308 e. The molecular formula is C24H26N4O3S. The van der Waals surface area contributed by atoms with Crippen LogP contribution >= 0.6 is 0 Å². The molecular weight excluding hydrogens is 424 g/mol. The summed E-state index contributed by atoms with van der Waals surface area (Å²) < 4.78 is 29.4. The first-order valence-corrected chi connectivity index (χ1v) is 12.5. The van der Waals surface area contributed by atoms with Crippen molar-refractivity contribution in [2.75, 3.05) is 24.5 Å². The topological polar surface area (TPSA) is 75.5 Å². The Morgan fingerprint density at radius 1 is 0.969 bits per heavy atom. The molecule has 0 bridgehead atoms. The number of nitrogens with zero attached hydrogens (tertiary/aromatic N) is 4. The maximum atomic E-state index is 13.4. The second kappa shape index (κ2) is 8.18. The first-order valence-electron chi connectivity index (χ1n) is 11.0. The van der Waals surface area contributed by atoms with Gasteiger partial charge in [0, 0.05) is 25.3 Å². The third-order valence-corrected chi connectivity index (χ3v) is 8.28. The summed E-state index contributed by atoms with van der Waals surface area (Å²) in [6.07, 6.45) is 5.13. The van der Waals surface area contributed by atoms with E-state index in [2.05, 4.69) is 5.10 Å².